The van der Waals surface area contributed by atoms with Crippen LogP contribution in [0.25, 0.3) is 0 Å². The smallest absolute Gasteiger partial charge is 0.122 e. The summed E-state index contributed by atoms with van der Waals surface area (Å²) in [6.07, 6.45) is 7.68. The lowest BCUT2D eigenvalue weighted by molar-refractivity contribution is 0.116. The third kappa shape index (κ3) is 3.71. The van der Waals surface area contributed by atoms with Crippen LogP contribution in [0.2, 0.25) is 0 Å². The number of nitrogens with zero attached hydrogens (tertiary/aromatic N) is 5. The summed E-state index contributed by atoms with van der Waals surface area (Å²) in [6.45, 7) is 9.94. The summed E-state index contributed by atoms with van der Waals surface area (Å²) in [7, 11) is 2.22. The molecule has 0 amide bonds. The molecule has 0 N–H and O–H groups in total. The van der Waals surface area contributed by atoms with Crippen LogP contribution in [0.1, 0.15) is 11.4 Å². The van der Waals surface area contributed by atoms with Gasteiger partial charge in [0.2, 0.25) is 0 Å². The monoisotopic (exact) mass is 329 g/mol. The van der Waals surface area contributed by atoms with Crippen molar-refractivity contribution in [3.63, 3.8) is 0 Å². The molecule has 2 aromatic rings. The third-order valence-corrected chi connectivity index (χ3v) is 5.24. The minimum atomic E-state index is 0.635. The lowest BCUT2D eigenvalue weighted by Crippen LogP contribution is -2.47. The molecular formula is C18H27N5O. The molecular weight excluding hydrogens is 302 g/mol. The Kier molecular flexibility index (Phi) is 4.69. The van der Waals surface area contributed by atoms with Gasteiger partial charge >= 0.3 is 0 Å². The molecule has 130 valence electrons. The summed E-state index contributed by atoms with van der Waals surface area (Å²) in [5.41, 5.74) is 1.24. The zero-order valence-electron chi connectivity index (χ0n) is 14.5. The van der Waals surface area contributed by atoms with Gasteiger partial charge < -0.3 is 18.8 Å². The third-order valence-electron chi connectivity index (χ3n) is 5.24. The van der Waals surface area contributed by atoms with Crippen LogP contribution < -0.4 is 0 Å². The highest BCUT2D eigenvalue weighted by Gasteiger charge is 2.25. The van der Waals surface area contributed by atoms with E-state index in [-0.39, 0.29) is 0 Å². The highest BCUT2D eigenvalue weighted by Crippen LogP contribution is 2.19. The largest absolute Gasteiger partial charge is 0.472 e. The maximum absolute atomic E-state index is 5.24. The van der Waals surface area contributed by atoms with Crippen molar-refractivity contribution in [2.24, 2.45) is 5.92 Å². The van der Waals surface area contributed by atoms with Crippen LogP contribution in [0.15, 0.2) is 35.4 Å². The minimum Gasteiger partial charge on any atom is -0.472 e. The van der Waals surface area contributed by atoms with E-state index in [4.69, 9.17) is 4.42 Å². The van der Waals surface area contributed by atoms with Crippen LogP contribution in [0.4, 0.5) is 0 Å². The number of hydrogen-bond acceptors (Lipinski definition) is 5. The second kappa shape index (κ2) is 7.09. The molecule has 0 bridgehead atoms. The van der Waals surface area contributed by atoms with Crippen molar-refractivity contribution in [2.45, 2.75) is 19.6 Å². The molecule has 0 aromatic carbocycles. The van der Waals surface area contributed by atoms with Crippen molar-refractivity contribution >= 4 is 0 Å². The van der Waals surface area contributed by atoms with E-state index in [9.17, 15) is 0 Å². The van der Waals surface area contributed by atoms with Crippen molar-refractivity contribution in [1.82, 2.24) is 24.3 Å². The van der Waals surface area contributed by atoms with Gasteiger partial charge in [0.1, 0.15) is 5.82 Å². The van der Waals surface area contributed by atoms with Gasteiger partial charge in [-0.15, -0.1) is 0 Å². The molecule has 1 atom stereocenters. The van der Waals surface area contributed by atoms with Gasteiger partial charge in [0.05, 0.1) is 19.1 Å². The Morgan fingerprint density at radius 1 is 1.17 bits per heavy atom. The first-order valence-electron chi connectivity index (χ1n) is 8.90. The molecule has 1 fully saturated rings. The van der Waals surface area contributed by atoms with Crippen LogP contribution in [-0.4, -0.2) is 70.6 Å². The van der Waals surface area contributed by atoms with Crippen LogP contribution in [0, 0.1) is 5.92 Å². The average molecular weight is 329 g/mol. The SMILES string of the molecule is CN1CCN(CC2CN(Cc3ccoc3)Cc3nccn3C2)CC1. The topological polar surface area (TPSA) is 40.7 Å². The van der Waals surface area contributed by atoms with Crippen molar-refractivity contribution < 1.29 is 4.42 Å². The Hall–Kier alpha value is -1.63. The number of likely N-dealkylation sites (N-methyl/N-ethyl adjacent to an activating group) is 1. The maximum Gasteiger partial charge on any atom is 0.122 e. The molecule has 0 saturated carbocycles. The van der Waals surface area contributed by atoms with Gasteiger partial charge in [0, 0.05) is 76.2 Å². The van der Waals surface area contributed by atoms with Gasteiger partial charge in [-0.1, -0.05) is 0 Å². The summed E-state index contributed by atoms with van der Waals surface area (Å²) in [5.74, 6) is 1.81. The van der Waals surface area contributed by atoms with Gasteiger partial charge in [-0.3, -0.25) is 4.90 Å². The quantitative estimate of drug-likeness (QED) is 0.847. The molecule has 4 heterocycles. The fourth-order valence-corrected chi connectivity index (χ4v) is 3.90. The van der Waals surface area contributed by atoms with Crippen molar-refractivity contribution in [3.8, 4) is 0 Å². The Balaban J connectivity index is 1.45. The number of imidazole rings is 1. The number of rotatable bonds is 4. The molecule has 4 rings (SSSR count). The van der Waals surface area contributed by atoms with Crippen molar-refractivity contribution in [2.75, 3.05) is 46.3 Å². The van der Waals surface area contributed by atoms with Crippen LogP contribution in [0.5, 0.6) is 0 Å². The zero-order valence-corrected chi connectivity index (χ0v) is 14.5. The summed E-state index contributed by atoms with van der Waals surface area (Å²) in [6, 6.07) is 2.06. The summed E-state index contributed by atoms with van der Waals surface area (Å²) < 4.78 is 7.58. The second-order valence-corrected chi connectivity index (χ2v) is 7.27. The Bertz CT molecular complexity index is 630. The standard InChI is InChI=1S/C18H27N5O/c1-20-5-7-21(8-6-20)11-17-12-22(10-16-2-9-24-15-16)14-18-19-3-4-23(18)13-17/h2-4,9,15,17H,5-8,10-14H2,1H3. The van der Waals surface area contributed by atoms with E-state index < -0.39 is 0 Å². The molecule has 2 aliphatic heterocycles. The predicted molar refractivity (Wildman–Crippen MR) is 92.5 cm³/mol. The molecule has 0 spiro atoms. The zero-order chi connectivity index (χ0) is 16.4. The minimum absolute atomic E-state index is 0.635. The van der Waals surface area contributed by atoms with E-state index in [0.29, 0.717) is 5.92 Å². The van der Waals surface area contributed by atoms with Gasteiger partial charge in [-0.2, -0.15) is 0 Å². The Labute approximate surface area is 143 Å². The molecule has 1 saturated heterocycles. The molecule has 6 heteroatoms. The predicted octanol–water partition coefficient (Wildman–Crippen LogP) is 1.36. The van der Waals surface area contributed by atoms with Crippen LogP contribution >= 0.6 is 0 Å². The van der Waals surface area contributed by atoms with E-state index in [1.165, 1.54) is 44.1 Å². The highest BCUT2D eigenvalue weighted by atomic mass is 16.3. The second-order valence-electron chi connectivity index (χ2n) is 7.27. The van der Waals surface area contributed by atoms with Gasteiger partial charge in [0.25, 0.3) is 0 Å². The molecule has 2 aliphatic rings. The lowest BCUT2D eigenvalue weighted by atomic mass is 10.1. The summed E-state index contributed by atoms with van der Waals surface area (Å²) >= 11 is 0. The lowest BCUT2D eigenvalue weighted by Gasteiger charge is -2.35. The van der Waals surface area contributed by atoms with Gasteiger partial charge in [-0.25, -0.2) is 4.98 Å². The number of furan rings is 1. The van der Waals surface area contributed by atoms with Crippen molar-refractivity contribution in [1.29, 1.82) is 0 Å². The van der Waals surface area contributed by atoms with E-state index in [1.54, 1.807) is 6.26 Å². The number of hydrogen-bond donors (Lipinski definition) is 0. The van der Waals surface area contributed by atoms with E-state index in [0.717, 1.165) is 26.2 Å². The van der Waals surface area contributed by atoms with Gasteiger partial charge in [-0.05, 0) is 13.1 Å². The van der Waals surface area contributed by atoms with Crippen LogP contribution in [0.3, 0.4) is 0 Å². The molecule has 1 unspecified atom stereocenters. The molecule has 2 aromatic heterocycles. The fourth-order valence-electron chi connectivity index (χ4n) is 3.90. The Morgan fingerprint density at radius 3 is 2.83 bits per heavy atom. The number of aromatic nitrogens is 2. The summed E-state index contributed by atoms with van der Waals surface area (Å²) in [4.78, 5) is 12.1. The van der Waals surface area contributed by atoms with E-state index in [1.807, 2.05) is 12.5 Å². The molecule has 0 aliphatic carbocycles. The van der Waals surface area contributed by atoms with Crippen molar-refractivity contribution in [3.05, 3.63) is 42.4 Å². The van der Waals surface area contributed by atoms with E-state index >= 15 is 0 Å². The fraction of sp³-hybridized carbons (Fsp3) is 0.611. The first-order chi connectivity index (χ1) is 11.8. The molecule has 24 heavy (non-hydrogen) atoms. The van der Waals surface area contributed by atoms with Crippen LogP contribution in [-0.2, 0) is 19.6 Å². The maximum atomic E-state index is 5.24. The average Bonchev–Trinajstić information content (AvgIpc) is 3.19. The van der Waals surface area contributed by atoms with E-state index in [2.05, 4.69) is 43.6 Å². The number of piperazine rings is 1. The van der Waals surface area contributed by atoms with Gasteiger partial charge in [0.15, 0.2) is 0 Å². The molecule has 6 nitrogen and oxygen atoms in total. The first kappa shape index (κ1) is 15.9. The number of fused-ring (bicyclic) bond motifs is 1. The first-order valence-corrected chi connectivity index (χ1v) is 8.90. The summed E-state index contributed by atoms with van der Waals surface area (Å²) in [5, 5.41) is 0. The Morgan fingerprint density at radius 2 is 2.04 bits per heavy atom. The molecule has 0 radical (unpaired) electrons. The normalized spacial score (nSPS) is 24.0. The highest BCUT2D eigenvalue weighted by molar-refractivity contribution is 5.06.